The van der Waals surface area contributed by atoms with E-state index in [0.717, 1.165) is 0 Å². The Morgan fingerprint density at radius 2 is 1.94 bits per heavy atom. The molecule has 0 saturated carbocycles. The van der Waals surface area contributed by atoms with E-state index in [9.17, 15) is 5.11 Å². The fourth-order valence-corrected chi connectivity index (χ4v) is 1.01. The van der Waals surface area contributed by atoms with Crippen molar-refractivity contribution in [2.24, 2.45) is 0 Å². The highest BCUT2D eigenvalue weighted by Crippen LogP contribution is 2.24. The quantitative estimate of drug-likeness (QED) is 0.814. The zero-order chi connectivity index (χ0) is 12.4. The molecule has 0 aromatic carbocycles. The van der Waals surface area contributed by atoms with Gasteiger partial charge in [0.15, 0.2) is 0 Å². The topological polar surface area (TPSA) is 68.9 Å². The molecule has 1 aromatic heterocycles. The molecule has 0 atom stereocenters. The first-order valence-electron chi connectivity index (χ1n) is 5.13. The van der Waals surface area contributed by atoms with Crippen molar-refractivity contribution in [2.45, 2.75) is 38.8 Å². The second kappa shape index (κ2) is 4.11. The fraction of sp³-hybridized carbons (Fsp3) is 0.500. The van der Waals surface area contributed by atoms with Crippen molar-refractivity contribution in [1.29, 1.82) is 5.26 Å². The van der Waals surface area contributed by atoms with Crippen LogP contribution >= 0.6 is 0 Å². The lowest BCUT2D eigenvalue weighted by Crippen LogP contribution is -2.51. The van der Waals surface area contributed by atoms with Gasteiger partial charge in [0.25, 0.3) is 0 Å². The maximum absolute atomic E-state index is 9.96. The summed E-state index contributed by atoms with van der Waals surface area (Å²) >= 11 is 0. The SMILES string of the molecule is CC(C)(O)C(C)(C)Nc1ccc(C#N)cn1. The van der Waals surface area contributed by atoms with Gasteiger partial charge in [-0.15, -0.1) is 0 Å². The van der Waals surface area contributed by atoms with Gasteiger partial charge in [0, 0.05) is 6.20 Å². The van der Waals surface area contributed by atoms with Gasteiger partial charge in [-0.3, -0.25) is 0 Å². The molecule has 4 heteroatoms. The second-order valence-electron chi connectivity index (χ2n) is 4.85. The van der Waals surface area contributed by atoms with Crippen LogP contribution in [0.2, 0.25) is 0 Å². The lowest BCUT2D eigenvalue weighted by molar-refractivity contribution is 0.0239. The molecule has 0 radical (unpaired) electrons. The molecule has 0 fully saturated rings. The van der Waals surface area contributed by atoms with Crippen molar-refractivity contribution >= 4 is 5.82 Å². The Kier molecular flexibility index (Phi) is 3.20. The lowest BCUT2D eigenvalue weighted by Gasteiger charge is -2.38. The van der Waals surface area contributed by atoms with Crippen LogP contribution in [0.4, 0.5) is 5.82 Å². The summed E-state index contributed by atoms with van der Waals surface area (Å²) in [6, 6.07) is 5.43. The number of anilines is 1. The Morgan fingerprint density at radius 3 is 2.31 bits per heavy atom. The summed E-state index contributed by atoms with van der Waals surface area (Å²) in [6.07, 6.45) is 1.50. The number of nitriles is 1. The molecule has 0 bridgehead atoms. The normalized spacial score (nSPS) is 12.0. The fourth-order valence-electron chi connectivity index (χ4n) is 1.01. The number of hydrogen-bond donors (Lipinski definition) is 2. The molecule has 2 N–H and O–H groups in total. The summed E-state index contributed by atoms with van der Waals surface area (Å²) in [5.74, 6) is 0.645. The van der Waals surface area contributed by atoms with Gasteiger partial charge < -0.3 is 10.4 Å². The van der Waals surface area contributed by atoms with E-state index in [0.29, 0.717) is 11.4 Å². The Balaban J connectivity index is 2.85. The molecule has 0 aliphatic rings. The third-order valence-corrected chi connectivity index (χ3v) is 2.86. The van der Waals surface area contributed by atoms with Crippen LogP contribution in [0, 0.1) is 11.3 Å². The molecule has 0 aliphatic carbocycles. The van der Waals surface area contributed by atoms with E-state index in [1.807, 2.05) is 19.9 Å². The van der Waals surface area contributed by atoms with Crippen LogP contribution in [-0.4, -0.2) is 21.2 Å². The first-order chi connectivity index (χ1) is 7.26. The summed E-state index contributed by atoms with van der Waals surface area (Å²) in [5.41, 5.74) is -0.858. The maximum atomic E-state index is 9.96. The van der Waals surface area contributed by atoms with Crippen LogP contribution in [-0.2, 0) is 0 Å². The number of rotatable bonds is 3. The summed E-state index contributed by atoms with van der Waals surface area (Å²) in [4.78, 5) is 4.10. The lowest BCUT2D eigenvalue weighted by atomic mass is 9.86. The molecule has 1 aromatic rings. The number of aromatic nitrogens is 1. The molecule has 86 valence electrons. The van der Waals surface area contributed by atoms with Crippen LogP contribution in [0.1, 0.15) is 33.3 Å². The van der Waals surface area contributed by atoms with Gasteiger partial charge in [-0.1, -0.05) is 0 Å². The second-order valence-corrected chi connectivity index (χ2v) is 4.85. The average molecular weight is 219 g/mol. The number of hydrogen-bond acceptors (Lipinski definition) is 4. The molecular formula is C12H17N3O. The van der Waals surface area contributed by atoms with E-state index in [4.69, 9.17) is 5.26 Å². The summed E-state index contributed by atoms with van der Waals surface area (Å²) in [5, 5.41) is 21.7. The summed E-state index contributed by atoms with van der Waals surface area (Å²) in [6.45, 7) is 7.27. The van der Waals surface area contributed by atoms with E-state index in [1.54, 1.807) is 26.0 Å². The predicted molar refractivity (Wildman–Crippen MR) is 63.0 cm³/mol. The average Bonchev–Trinajstić information content (AvgIpc) is 2.16. The predicted octanol–water partition coefficient (Wildman–Crippen LogP) is 1.91. The highest BCUT2D eigenvalue weighted by atomic mass is 16.3. The van der Waals surface area contributed by atoms with Gasteiger partial charge in [-0.25, -0.2) is 4.98 Å². The van der Waals surface area contributed by atoms with E-state index >= 15 is 0 Å². The smallest absolute Gasteiger partial charge is 0.126 e. The molecule has 0 aliphatic heterocycles. The van der Waals surface area contributed by atoms with Gasteiger partial charge >= 0.3 is 0 Å². The molecule has 0 saturated heterocycles. The maximum Gasteiger partial charge on any atom is 0.126 e. The van der Waals surface area contributed by atoms with Gasteiger partial charge in [-0.05, 0) is 39.8 Å². The zero-order valence-corrected chi connectivity index (χ0v) is 10.1. The minimum atomic E-state index is -0.872. The highest BCUT2D eigenvalue weighted by Gasteiger charge is 2.35. The molecule has 16 heavy (non-hydrogen) atoms. The Hall–Kier alpha value is -1.60. The van der Waals surface area contributed by atoms with Crippen molar-refractivity contribution in [3.05, 3.63) is 23.9 Å². The largest absolute Gasteiger partial charge is 0.388 e. The minimum absolute atomic E-state index is 0.506. The van der Waals surface area contributed by atoms with Gasteiger partial charge in [0.2, 0.25) is 0 Å². The Labute approximate surface area is 95.9 Å². The van der Waals surface area contributed by atoms with Gasteiger partial charge in [-0.2, -0.15) is 5.26 Å². The van der Waals surface area contributed by atoms with Gasteiger partial charge in [0.05, 0.1) is 16.7 Å². The van der Waals surface area contributed by atoms with E-state index in [-0.39, 0.29) is 0 Å². The third-order valence-electron chi connectivity index (χ3n) is 2.86. The van der Waals surface area contributed by atoms with Crippen LogP contribution in [0.25, 0.3) is 0 Å². The summed E-state index contributed by atoms with van der Waals surface area (Å²) in [7, 11) is 0. The number of pyridine rings is 1. The zero-order valence-electron chi connectivity index (χ0n) is 10.1. The number of nitrogens with one attached hydrogen (secondary N) is 1. The first-order valence-corrected chi connectivity index (χ1v) is 5.13. The van der Waals surface area contributed by atoms with E-state index < -0.39 is 11.1 Å². The highest BCUT2D eigenvalue weighted by molar-refractivity contribution is 5.41. The Morgan fingerprint density at radius 1 is 1.31 bits per heavy atom. The van der Waals surface area contributed by atoms with Crippen molar-refractivity contribution in [3.63, 3.8) is 0 Å². The molecule has 0 amide bonds. The van der Waals surface area contributed by atoms with E-state index in [2.05, 4.69) is 10.3 Å². The standard InChI is InChI=1S/C12H17N3O/c1-11(2,12(3,4)16)15-10-6-5-9(7-13)8-14-10/h5-6,8,16H,1-4H3,(H,14,15). The van der Waals surface area contributed by atoms with Crippen molar-refractivity contribution in [1.82, 2.24) is 4.98 Å². The molecule has 0 spiro atoms. The van der Waals surface area contributed by atoms with Gasteiger partial charge in [0.1, 0.15) is 11.9 Å². The van der Waals surface area contributed by atoms with Crippen LogP contribution in [0.5, 0.6) is 0 Å². The third kappa shape index (κ3) is 2.71. The number of nitrogens with zero attached hydrogens (tertiary/aromatic N) is 2. The minimum Gasteiger partial charge on any atom is -0.388 e. The van der Waals surface area contributed by atoms with E-state index in [1.165, 1.54) is 6.20 Å². The van der Waals surface area contributed by atoms with Crippen molar-refractivity contribution in [2.75, 3.05) is 5.32 Å². The van der Waals surface area contributed by atoms with Crippen molar-refractivity contribution < 1.29 is 5.11 Å². The van der Waals surface area contributed by atoms with Crippen LogP contribution in [0.3, 0.4) is 0 Å². The first kappa shape index (κ1) is 12.5. The molecule has 0 unspecified atom stereocenters. The Bertz CT molecular complexity index is 396. The monoisotopic (exact) mass is 219 g/mol. The number of aliphatic hydroxyl groups is 1. The molecular weight excluding hydrogens is 202 g/mol. The van der Waals surface area contributed by atoms with Crippen LogP contribution < -0.4 is 5.32 Å². The molecule has 1 rings (SSSR count). The summed E-state index contributed by atoms with van der Waals surface area (Å²) < 4.78 is 0. The van der Waals surface area contributed by atoms with Crippen molar-refractivity contribution in [3.8, 4) is 6.07 Å². The molecule has 1 heterocycles. The van der Waals surface area contributed by atoms with Crippen LogP contribution in [0.15, 0.2) is 18.3 Å². The molecule has 4 nitrogen and oxygen atoms in total.